The van der Waals surface area contributed by atoms with E-state index in [9.17, 15) is 0 Å². The molecule has 3 heterocycles. The van der Waals surface area contributed by atoms with Gasteiger partial charge in [0.2, 0.25) is 0 Å². The van der Waals surface area contributed by atoms with E-state index in [1.54, 1.807) is 18.6 Å². The highest BCUT2D eigenvalue weighted by Crippen LogP contribution is 2.30. The van der Waals surface area contributed by atoms with Gasteiger partial charge in [0.15, 0.2) is 0 Å². The molecule has 3 aromatic heterocycles. The fraction of sp³-hybridized carbons (Fsp3) is 0.486. The molecule has 1 fully saturated rings. The Morgan fingerprint density at radius 2 is 1.67 bits per heavy atom. The maximum Gasteiger partial charge on any atom is 0.128 e. The van der Waals surface area contributed by atoms with Crippen molar-refractivity contribution in [3.8, 4) is 11.1 Å². The lowest BCUT2D eigenvalue weighted by molar-refractivity contribution is 0.544. The highest BCUT2D eigenvalue weighted by Gasteiger charge is 2.16. The van der Waals surface area contributed by atoms with Gasteiger partial charge < -0.3 is 10.2 Å². The van der Waals surface area contributed by atoms with Crippen LogP contribution in [0.4, 0.5) is 11.5 Å². The molecular formula is C37H59N5. The van der Waals surface area contributed by atoms with Gasteiger partial charge in [-0.3, -0.25) is 9.97 Å². The zero-order valence-corrected chi connectivity index (χ0v) is 28.5. The predicted octanol–water partition coefficient (Wildman–Crippen LogP) is 10.9. The molecule has 0 atom stereocenters. The van der Waals surface area contributed by atoms with Gasteiger partial charge in [0, 0.05) is 60.3 Å². The van der Waals surface area contributed by atoms with E-state index in [0.29, 0.717) is 0 Å². The molecule has 0 spiro atoms. The number of pyridine rings is 3. The molecule has 42 heavy (non-hydrogen) atoms. The minimum Gasteiger partial charge on any atom is -0.360 e. The zero-order valence-electron chi connectivity index (χ0n) is 28.5. The third-order valence-electron chi connectivity index (χ3n) is 6.77. The van der Waals surface area contributed by atoms with E-state index in [0.717, 1.165) is 58.0 Å². The van der Waals surface area contributed by atoms with Crippen LogP contribution in [0.2, 0.25) is 0 Å². The molecule has 4 rings (SSSR count). The van der Waals surface area contributed by atoms with Crippen LogP contribution >= 0.6 is 0 Å². The lowest BCUT2D eigenvalue weighted by Crippen LogP contribution is -2.17. The number of rotatable bonds is 9. The third-order valence-corrected chi connectivity index (χ3v) is 6.77. The topological polar surface area (TPSA) is 53.9 Å². The van der Waals surface area contributed by atoms with Gasteiger partial charge in [0.25, 0.3) is 0 Å². The van der Waals surface area contributed by atoms with Crippen LogP contribution < -0.4 is 10.2 Å². The molecule has 3 aromatic rings. The third kappa shape index (κ3) is 15.0. The summed E-state index contributed by atoms with van der Waals surface area (Å²) in [6, 6.07) is 10.0. The molecule has 0 radical (unpaired) electrons. The lowest BCUT2D eigenvalue weighted by Gasteiger charge is -2.18. The van der Waals surface area contributed by atoms with Crippen molar-refractivity contribution in [3.05, 3.63) is 85.1 Å². The lowest BCUT2D eigenvalue weighted by atomic mass is 10.1. The maximum atomic E-state index is 4.41. The molecule has 0 aliphatic heterocycles. The summed E-state index contributed by atoms with van der Waals surface area (Å²) >= 11 is 0. The number of nitrogens with one attached hydrogen (secondary N) is 1. The Kier molecular flexibility index (Phi) is 21.2. The monoisotopic (exact) mass is 573 g/mol. The first-order valence-corrected chi connectivity index (χ1v) is 16.0. The Labute approximate surface area is 258 Å². The van der Waals surface area contributed by atoms with Crippen LogP contribution in [-0.2, 0) is 0 Å². The second-order valence-corrected chi connectivity index (χ2v) is 9.91. The van der Waals surface area contributed by atoms with Gasteiger partial charge in [-0.1, -0.05) is 86.1 Å². The SMILES string of the molecule is C/C=C\C1CC1.C=C(Nc1cnccc1-c1ccc(C)nc1)c1ccnc(N(C)CC)c1.CC.CC.CCC(C)CC. The fourth-order valence-electron chi connectivity index (χ4n) is 3.43. The van der Waals surface area contributed by atoms with E-state index in [-0.39, 0.29) is 0 Å². The van der Waals surface area contributed by atoms with Crippen LogP contribution in [0.5, 0.6) is 0 Å². The number of hydrogen-bond acceptors (Lipinski definition) is 5. The van der Waals surface area contributed by atoms with Crippen molar-refractivity contribution < 1.29 is 0 Å². The molecule has 0 amide bonds. The number of anilines is 2. The minimum atomic E-state index is 0.799. The van der Waals surface area contributed by atoms with Gasteiger partial charge in [-0.15, -0.1) is 0 Å². The van der Waals surface area contributed by atoms with Gasteiger partial charge >= 0.3 is 0 Å². The molecule has 1 aliphatic rings. The fourth-order valence-corrected chi connectivity index (χ4v) is 3.43. The first kappa shape index (κ1) is 38.5. The van der Waals surface area contributed by atoms with Gasteiger partial charge in [-0.2, -0.15) is 0 Å². The summed E-state index contributed by atoms with van der Waals surface area (Å²) in [6.07, 6.45) is 17.2. The van der Waals surface area contributed by atoms with Crippen molar-refractivity contribution in [3.63, 3.8) is 0 Å². The Balaban J connectivity index is 0.000000863. The molecule has 1 saturated carbocycles. The van der Waals surface area contributed by atoms with E-state index < -0.39 is 0 Å². The van der Waals surface area contributed by atoms with Gasteiger partial charge in [0.05, 0.1) is 11.9 Å². The van der Waals surface area contributed by atoms with Crippen molar-refractivity contribution in [2.24, 2.45) is 11.8 Å². The quantitative estimate of drug-likeness (QED) is 0.258. The number of aryl methyl sites for hydroxylation is 1. The molecule has 5 heteroatoms. The van der Waals surface area contributed by atoms with Gasteiger partial charge in [-0.25, -0.2) is 4.98 Å². The summed E-state index contributed by atoms with van der Waals surface area (Å²) in [5, 5.41) is 3.39. The summed E-state index contributed by atoms with van der Waals surface area (Å²) in [5.74, 6) is 2.82. The van der Waals surface area contributed by atoms with E-state index in [1.807, 2.05) is 72.1 Å². The van der Waals surface area contributed by atoms with Crippen LogP contribution in [0.3, 0.4) is 0 Å². The van der Waals surface area contributed by atoms with Crippen molar-refractivity contribution in [1.82, 2.24) is 15.0 Å². The summed E-state index contributed by atoms with van der Waals surface area (Å²) in [5.41, 5.74) is 5.75. The maximum absolute atomic E-state index is 4.41. The second-order valence-electron chi connectivity index (χ2n) is 9.91. The van der Waals surface area contributed by atoms with Crippen molar-refractivity contribution in [2.45, 2.75) is 94.9 Å². The number of aromatic nitrogens is 3. The second kappa shape index (κ2) is 23.1. The van der Waals surface area contributed by atoms with Gasteiger partial charge in [-0.05, 0) is 69.7 Å². The molecule has 0 aromatic carbocycles. The van der Waals surface area contributed by atoms with E-state index in [2.05, 4.69) is 84.6 Å². The minimum absolute atomic E-state index is 0.799. The first-order valence-electron chi connectivity index (χ1n) is 16.0. The molecule has 1 aliphatic carbocycles. The smallest absolute Gasteiger partial charge is 0.128 e. The van der Waals surface area contributed by atoms with Crippen molar-refractivity contribution in [2.75, 3.05) is 23.8 Å². The van der Waals surface area contributed by atoms with Gasteiger partial charge in [0.1, 0.15) is 5.82 Å². The molecule has 0 bridgehead atoms. The molecule has 0 saturated heterocycles. The first-order chi connectivity index (χ1) is 20.3. The average molecular weight is 574 g/mol. The Hall–Kier alpha value is -3.47. The highest BCUT2D eigenvalue weighted by atomic mass is 15.1. The van der Waals surface area contributed by atoms with Crippen LogP contribution in [0.1, 0.15) is 99.3 Å². The molecular weight excluding hydrogens is 514 g/mol. The standard InChI is InChI=1S/C21H23N5.C6H10.C6H14.2C2H6/c1-5-26(4)21-12-17(8-11-23-21)16(3)25-20-14-22-10-9-19(20)18-7-6-15(2)24-13-18;1-2-3-6-4-5-6;1-4-6(3)5-2;2*1-2/h6-14,25H,3,5H2,1-2,4H3;2-3,6H,4-5H2,1H3;6H,4-5H2,1-3H3;2*1-2H3/b;3-2-;;;. The Bertz CT molecular complexity index is 1130. The highest BCUT2D eigenvalue weighted by molar-refractivity contribution is 5.85. The Morgan fingerprint density at radius 1 is 1.00 bits per heavy atom. The number of hydrogen-bond donors (Lipinski definition) is 1. The molecule has 232 valence electrons. The largest absolute Gasteiger partial charge is 0.360 e. The normalized spacial score (nSPS) is 11.4. The summed E-state index contributed by atoms with van der Waals surface area (Å²) in [7, 11) is 2.02. The summed E-state index contributed by atoms with van der Waals surface area (Å²) in [4.78, 5) is 15.1. The van der Waals surface area contributed by atoms with Crippen molar-refractivity contribution >= 4 is 17.2 Å². The number of allylic oxidation sites excluding steroid dienone is 2. The average Bonchev–Trinajstić information content (AvgIpc) is 3.88. The summed E-state index contributed by atoms with van der Waals surface area (Å²) in [6.45, 7) is 26.0. The van der Waals surface area contributed by atoms with Crippen LogP contribution in [0.25, 0.3) is 16.8 Å². The van der Waals surface area contributed by atoms with Crippen molar-refractivity contribution in [1.29, 1.82) is 0 Å². The van der Waals surface area contributed by atoms with Crippen LogP contribution in [0, 0.1) is 18.8 Å². The summed E-state index contributed by atoms with van der Waals surface area (Å²) < 4.78 is 0. The predicted molar refractivity (Wildman–Crippen MR) is 188 cm³/mol. The molecule has 0 unspecified atom stereocenters. The van der Waals surface area contributed by atoms with E-state index in [1.165, 1.54) is 25.7 Å². The van der Waals surface area contributed by atoms with E-state index >= 15 is 0 Å². The zero-order chi connectivity index (χ0) is 31.9. The van der Waals surface area contributed by atoms with Crippen LogP contribution in [-0.4, -0.2) is 28.5 Å². The van der Waals surface area contributed by atoms with Crippen LogP contribution in [0.15, 0.2) is 73.9 Å². The molecule has 5 nitrogen and oxygen atoms in total. The molecule has 1 N–H and O–H groups in total. The van der Waals surface area contributed by atoms with E-state index in [4.69, 9.17) is 0 Å². The number of nitrogens with zero attached hydrogens (tertiary/aromatic N) is 4. The Morgan fingerprint density at radius 3 is 2.14 bits per heavy atom.